The maximum absolute atomic E-state index is 5.04. The van der Waals surface area contributed by atoms with Crippen LogP contribution < -0.4 is 0 Å². The molecule has 1 rings (SSSR count). The number of hydrogen-bond donors (Lipinski definition) is 0. The van der Waals surface area contributed by atoms with E-state index in [4.69, 9.17) is 4.74 Å². The topological polar surface area (TPSA) is 9.23 Å². The number of ether oxygens (including phenoxy) is 1. The van der Waals surface area contributed by atoms with E-state index in [-0.39, 0.29) is 0 Å². The normalized spacial score (nSPS) is 12.9. The lowest BCUT2D eigenvalue weighted by Crippen LogP contribution is -1.99. The number of hydrogen-bond acceptors (Lipinski definition) is 1. The van der Waals surface area contributed by atoms with E-state index in [2.05, 4.69) is 48.0 Å². The third-order valence-corrected chi connectivity index (χ3v) is 2.66. The zero-order chi connectivity index (χ0) is 10.6. The lowest BCUT2D eigenvalue weighted by atomic mass is 9.97. The summed E-state index contributed by atoms with van der Waals surface area (Å²) in [4.78, 5) is 0. The van der Waals surface area contributed by atoms with Gasteiger partial charge in [0.15, 0.2) is 0 Å². The molecule has 0 aliphatic heterocycles. The second-order valence-electron chi connectivity index (χ2n) is 3.54. The van der Waals surface area contributed by atoms with Gasteiger partial charge in [0.1, 0.15) is 0 Å². The minimum Gasteiger partial charge on any atom is -0.385 e. The molecule has 0 N–H and O–H groups in total. The van der Waals surface area contributed by atoms with Crippen LogP contribution in [-0.2, 0) is 4.74 Å². The van der Waals surface area contributed by atoms with Crippen LogP contribution in [0.1, 0.15) is 23.5 Å². The third-order valence-electron chi connectivity index (χ3n) is 2.21. The highest BCUT2D eigenvalue weighted by atomic mass is 79.9. The minimum atomic E-state index is 0.311. The van der Waals surface area contributed by atoms with Crippen molar-refractivity contribution in [3.8, 4) is 0 Å². The summed E-state index contributed by atoms with van der Waals surface area (Å²) in [6.07, 6.45) is 0.965. The molecule has 0 spiro atoms. The highest BCUT2D eigenvalue weighted by molar-refractivity contribution is 9.10. The Morgan fingerprint density at radius 2 is 2.14 bits per heavy atom. The Kier molecular flexibility index (Phi) is 4.63. The van der Waals surface area contributed by atoms with E-state index in [1.807, 2.05) is 0 Å². The fraction of sp³-hybridized carbons (Fsp3) is 0.417. The van der Waals surface area contributed by atoms with Gasteiger partial charge in [0.05, 0.1) is 0 Å². The van der Waals surface area contributed by atoms with E-state index in [9.17, 15) is 0 Å². The molecular formula is C12H16BrO. The fourth-order valence-corrected chi connectivity index (χ4v) is 2.05. The summed E-state index contributed by atoms with van der Waals surface area (Å²) in [5.74, 6) is 0.311. The quantitative estimate of drug-likeness (QED) is 0.797. The van der Waals surface area contributed by atoms with Crippen molar-refractivity contribution in [2.75, 3.05) is 13.7 Å². The molecule has 0 fully saturated rings. The summed E-state index contributed by atoms with van der Waals surface area (Å²) < 4.78 is 6.17. The largest absolute Gasteiger partial charge is 0.385 e. The molecule has 1 radical (unpaired) electrons. The molecule has 1 unspecified atom stereocenters. The third kappa shape index (κ3) is 3.43. The molecule has 14 heavy (non-hydrogen) atoms. The van der Waals surface area contributed by atoms with Gasteiger partial charge in [-0.2, -0.15) is 0 Å². The minimum absolute atomic E-state index is 0.311. The van der Waals surface area contributed by atoms with E-state index < -0.39 is 0 Å². The van der Waals surface area contributed by atoms with Crippen molar-refractivity contribution in [2.24, 2.45) is 0 Å². The van der Waals surface area contributed by atoms with Gasteiger partial charge >= 0.3 is 0 Å². The van der Waals surface area contributed by atoms with Crippen LogP contribution in [-0.4, -0.2) is 13.7 Å². The highest BCUT2D eigenvalue weighted by Gasteiger charge is 2.06. The standard InChI is InChI=1S/C12H16BrO/c1-9-6-11(8-12(13)7-9)10(2)4-5-14-3/h6-8,10H,2,4-5H2,1,3H3. The molecule has 1 aromatic rings. The number of aryl methyl sites for hydroxylation is 1. The zero-order valence-electron chi connectivity index (χ0n) is 8.72. The predicted octanol–water partition coefficient (Wildman–Crippen LogP) is 3.71. The number of rotatable bonds is 4. The van der Waals surface area contributed by atoms with Gasteiger partial charge in [0, 0.05) is 18.2 Å². The van der Waals surface area contributed by atoms with Gasteiger partial charge in [-0.3, -0.25) is 0 Å². The first kappa shape index (κ1) is 11.7. The number of halogens is 1. The Bertz CT molecular complexity index is 276. The molecular weight excluding hydrogens is 240 g/mol. The Labute approximate surface area is 94.6 Å². The molecule has 77 valence electrons. The van der Waals surface area contributed by atoms with Crippen LogP contribution in [0.2, 0.25) is 0 Å². The monoisotopic (exact) mass is 255 g/mol. The second-order valence-corrected chi connectivity index (χ2v) is 4.46. The molecule has 1 aromatic carbocycles. The summed E-state index contributed by atoms with van der Waals surface area (Å²) in [5, 5.41) is 0. The van der Waals surface area contributed by atoms with E-state index in [0.29, 0.717) is 5.92 Å². The van der Waals surface area contributed by atoms with Crippen molar-refractivity contribution in [1.82, 2.24) is 0 Å². The van der Waals surface area contributed by atoms with Gasteiger partial charge in [0.2, 0.25) is 0 Å². The van der Waals surface area contributed by atoms with Crippen molar-refractivity contribution < 1.29 is 4.74 Å². The molecule has 0 saturated carbocycles. The van der Waals surface area contributed by atoms with Crippen LogP contribution in [0.5, 0.6) is 0 Å². The molecule has 0 amide bonds. The summed E-state index contributed by atoms with van der Waals surface area (Å²) in [7, 11) is 1.72. The fourth-order valence-electron chi connectivity index (χ4n) is 1.43. The molecule has 2 heteroatoms. The van der Waals surface area contributed by atoms with Crippen molar-refractivity contribution >= 4 is 15.9 Å². The first-order chi connectivity index (χ1) is 6.63. The van der Waals surface area contributed by atoms with Crippen LogP contribution >= 0.6 is 15.9 Å². The van der Waals surface area contributed by atoms with Crippen molar-refractivity contribution in [3.63, 3.8) is 0 Å². The zero-order valence-corrected chi connectivity index (χ0v) is 10.3. The molecule has 0 heterocycles. The van der Waals surface area contributed by atoms with Crippen LogP contribution in [0.3, 0.4) is 0 Å². The summed E-state index contributed by atoms with van der Waals surface area (Å²) in [5.41, 5.74) is 2.54. The summed E-state index contributed by atoms with van der Waals surface area (Å²) >= 11 is 3.49. The van der Waals surface area contributed by atoms with E-state index in [1.165, 1.54) is 11.1 Å². The van der Waals surface area contributed by atoms with Gasteiger partial charge in [-0.15, -0.1) is 0 Å². The molecule has 0 saturated heterocycles. The average molecular weight is 256 g/mol. The van der Waals surface area contributed by atoms with Crippen molar-refractivity contribution in [3.05, 3.63) is 40.7 Å². The number of methoxy groups -OCH3 is 1. The van der Waals surface area contributed by atoms with Crippen molar-refractivity contribution in [1.29, 1.82) is 0 Å². The Morgan fingerprint density at radius 3 is 2.71 bits per heavy atom. The highest BCUT2D eigenvalue weighted by Crippen LogP contribution is 2.23. The maximum Gasteiger partial charge on any atom is 0.0468 e. The Balaban J connectivity index is 2.73. The van der Waals surface area contributed by atoms with Crippen LogP contribution in [0.25, 0.3) is 0 Å². The van der Waals surface area contributed by atoms with E-state index >= 15 is 0 Å². The van der Waals surface area contributed by atoms with Gasteiger partial charge in [0.25, 0.3) is 0 Å². The number of benzene rings is 1. The molecule has 0 aliphatic rings. The average Bonchev–Trinajstić information content (AvgIpc) is 2.12. The maximum atomic E-state index is 5.04. The molecule has 0 aromatic heterocycles. The predicted molar refractivity (Wildman–Crippen MR) is 63.5 cm³/mol. The summed E-state index contributed by atoms with van der Waals surface area (Å²) in [6, 6.07) is 6.41. The van der Waals surface area contributed by atoms with Gasteiger partial charge in [-0.25, -0.2) is 0 Å². The SMILES string of the molecule is [CH2]C(CCOC)c1cc(C)cc(Br)c1. The van der Waals surface area contributed by atoms with Crippen molar-refractivity contribution in [2.45, 2.75) is 19.3 Å². The smallest absolute Gasteiger partial charge is 0.0468 e. The first-order valence-electron chi connectivity index (χ1n) is 4.72. The lowest BCUT2D eigenvalue weighted by molar-refractivity contribution is 0.191. The van der Waals surface area contributed by atoms with Gasteiger partial charge in [-0.1, -0.05) is 22.0 Å². The molecule has 1 nitrogen and oxygen atoms in total. The van der Waals surface area contributed by atoms with E-state index in [0.717, 1.165) is 17.5 Å². The Morgan fingerprint density at radius 1 is 1.43 bits per heavy atom. The lowest BCUT2D eigenvalue weighted by Gasteiger charge is -2.12. The first-order valence-corrected chi connectivity index (χ1v) is 5.52. The molecule has 0 aliphatic carbocycles. The van der Waals surface area contributed by atoms with Crippen LogP contribution in [0.15, 0.2) is 22.7 Å². The molecule has 1 atom stereocenters. The van der Waals surface area contributed by atoms with Crippen LogP contribution in [0, 0.1) is 13.8 Å². The molecule has 0 bridgehead atoms. The Hall–Kier alpha value is -0.340. The van der Waals surface area contributed by atoms with Gasteiger partial charge < -0.3 is 4.74 Å². The van der Waals surface area contributed by atoms with E-state index in [1.54, 1.807) is 7.11 Å². The van der Waals surface area contributed by atoms with Gasteiger partial charge in [-0.05, 0) is 49.4 Å². The summed E-state index contributed by atoms with van der Waals surface area (Å²) in [6.45, 7) is 6.99. The van der Waals surface area contributed by atoms with Crippen LogP contribution in [0.4, 0.5) is 0 Å². The second kappa shape index (κ2) is 5.52.